The van der Waals surface area contributed by atoms with Crippen molar-refractivity contribution in [3.63, 3.8) is 0 Å². The highest BCUT2D eigenvalue weighted by Crippen LogP contribution is 2.26. The number of nitrogens with zero attached hydrogens (tertiary/aromatic N) is 4. The van der Waals surface area contributed by atoms with E-state index in [2.05, 4.69) is 39.1 Å². The molecule has 6 heteroatoms. The van der Waals surface area contributed by atoms with Crippen LogP contribution in [0, 0.1) is 0 Å². The van der Waals surface area contributed by atoms with Crippen LogP contribution in [0.25, 0.3) is 11.3 Å². The third-order valence-corrected chi connectivity index (χ3v) is 6.44. The minimum Gasteiger partial charge on any atom is -0.368 e. The highest BCUT2D eigenvalue weighted by atomic mass is 16.2. The average molecular weight is 414 g/mol. The minimum absolute atomic E-state index is 0.0837. The maximum absolute atomic E-state index is 13.3. The van der Waals surface area contributed by atoms with Crippen molar-refractivity contribution in [2.45, 2.75) is 25.3 Å². The highest BCUT2D eigenvalue weighted by Gasteiger charge is 2.29. The third kappa shape index (κ3) is 4.16. The van der Waals surface area contributed by atoms with E-state index in [0.717, 1.165) is 56.7 Å². The Balaban J connectivity index is 1.26. The fourth-order valence-corrected chi connectivity index (χ4v) is 4.83. The summed E-state index contributed by atoms with van der Waals surface area (Å²) < 4.78 is 0. The van der Waals surface area contributed by atoms with Crippen LogP contribution in [0.15, 0.2) is 60.8 Å². The van der Waals surface area contributed by atoms with Crippen molar-refractivity contribution < 1.29 is 4.79 Å². The summed E-state index contributed by atoms with van der Waals surface area (Å²) in [6.07, 6.45) is 4.88. The first-order chi connectivity index (χ1) is 15.2. The molecule has 158 valence electrons. The zero-order chi connectivity index (χ0) is 21.2. The van der Waals surface area contributed by atoms with Crippen LogP contribution in [0.5, 0.6) is 0 Å². The first-order valence-corrected chi connectivity index (χ1v) is 11.0. The van der Waals surface area contributed by atoms with Crippen LogP contribution in [0.2, 0.25) is 0 Å². The van der Waals surface area contributed by atoms with Crippen LogP contribution in [-0.4, -0.2) is 57.9 Å². The lowest BCUT2D eigenvalue weighted by Gasteiger charge is -2.27. The summed E-state index contributed by atoms with van der Waals surface area (Å²) in [5, 5.41) is 0. The highest BCUT2D eigenvalue weighted by molar-refractivity contribution is 5.95. The standard InChI is InChI=1S/C25H27N5O/c26-25-27-10-9-23(28-25)20-7-3-8-21(15-20)24(31)30-12-4-11-29(13-14-30)22-16-18-5-1-2-6-19(18)17-22/h1-3,5-10,15,22H,4,11-14,16-17H2,(H2,26,27,28). The molecule has 1 aliphatic carbocycles. The molecule has 6 nitrogen and oxygen atoms in total. The first-order valence-electron chi connectivity index (χ1n) is 11.0. The van der Waals surface area contributed by atoms with Crippen molar-refractivity contribution in [2.24, 2.45) is 0 Å². The van der Waals surface area contributed by atoms with E-state index in [9.17, 15) is 4.79 Å². The van der Waals surface area contributed by atoms with Crippen LogP contribution in [0.1, 0.15) is 27.9 Å². The molecule has 0 saturated carbocycles. The molecule has 31 heavy (non-hydrogen) atoms. The zero-order valence-electron chi connectivity index (χ0n) is 17.6. The smallest absolute Gasteiger partial charge is 0.253 e. The number of amides is 1. The molecule has 1 saturated heterocycles. The van der Waals surface area contributed by atoms with Gasteiger partial charge in [0.15, 0.2) is 0 Å². The molecule has 3 aromatic rings. The zero-order valence-corrected chi connectivity index (χ0v) is 17.6. The Morgan fingerprint density at radius 1 is 0.935 bits per heavy atom. The number of rotatable bonds is 3. The molecule has 5 rings (SSSR count). The number of nitrogens with two attached hydrogens (primary N) is 1. The van der Waals surface area contributed by atoms with E-state index < -0.39 is 0 Å². The summed E-state index contributed by atoms with van der Waals surface area (Å²) in [5.74, 6) is 0.316. The van der Waals surface area contributed by atoms with Gasteiger partial charge in [0, 0.05) is 49.5 Å². The minimum atomic E-state index is 0.0837. The molecular weight excluding hydrogens is 386 g/mol. The maximum Gasteiger partial charge on any atom is 0.253 e. The van der Waals surface area contributed by atoms with Crippen molar-refractivity contribution in [3.8, 4) is 11.3 Å². The molecule has 0 bridgehead atoms. The Hall–Kier alpha value is -3.25. The van der Waals surface area contributed by atoms with Crippen molar-refractivity contribution >= 4 is 11.9 Å². The summed E-state index contributed by atoms with van der Waals surface area (Å²) in [4.78, 5) is 26.1. The number of aromatic nitrogens is 2. The normalized spacial score (nSPS) is 17.4. The molecule has 1 aromatic heterocycles. The van der Waals surface area contributed by atoms with Gasteiger partial charge in [0.2, 0.25) is 5.95 Å². The molecule has 2 N–H and O–H groups in total. The predicted molar refractivity (Wildman–Crippen MR) is 122 cm³/mol. The van der Waals surface area contributed by atoms with Gasteiger partial charge in [-0.25, -0.2) is 9.97 Å². The summed E-state index contributed by atoms with van der Waals surface area (Å²) in [7, 11) is 0. The van der Waals surface area contributed by atoms with E-state index in [-0.39, 0.29) is 11.9 Å². The second kappa shape index (κ2) is 8.47. The summed E-state index contributed by atoms with van der Waals surface area (Å²) in [6, 6.07) is 18.8. The van der Waals surface area contributed by atoms with Gasteiger partial charge in [0.05, 0.1) is 5.69 Å². The fourth-order valence-electron chi connectivity index (χ4n) is 4.83. The molecule has 0 radical (unpaired) electrons. The van der Waals surface area contributed by atoms with Gasteiger partial charge in [-0.1, -0.05) is 36.4 Å². The van der Waals surface area contributed by atoms with Crippen molar-refractivity contribution in [1.82, 2.24) is 19.8 Å². The van der Waals surface area contributed by atoms with Crippen molar-refractivity contribution in [1.29, 1.82) is 0 Å². The molecule has 1 aliphatic heterocycles. The Kier molecular flexibility index (Phi) is 5.38. The average Bonchev–Trinajstić information content (AvgIpc) is 3.08. The second-order valence-electron chi connectivity index (χ2n) is 8.39. The molecule has 1 fully saturated rings. The number of fused-ring (bicyclic) bond motifs is 1. The molecule has 2 aliphatic rings. The van der Waals surface area contributed by atoms with E-state index >= 15 is 0 Å². The second-order valence-corrected chi connectivity index (χ2v) is 8.39. The van der Waals surface area contributed by atoms with E-state index in [1.807, 2.05) is 35.2 Å². The van der Waals surface area contributed by atoms with E-state index in [4.69, 9.17) is 5.73 Å². The topological polar surface area (TPSA) is 75.3 Å². The lowest BCUT2D eigenvalue weighted by Crippen LogP contribution is -2.40. The van der Waals surface area contributed by atoms with Crippen LogP contribution >= 0.6 is 0 Å². The third-order valence-electron chi connectivity index (χ3n) is 6.44. The van der Waals surface area contributed by atoms with Gasteiger partial charge < -0.3 is 10.6 Å². The van der Waals surface area contributed by atoms with Crippen molar-refractivity contribution in [2.75, 3.05) is 31.9 Å². The number of nitrogen functional groups attached to an aromatic ring is 1. The lowest BCUT2D eigenvalue weighted by molar-refractivity contribution is 0.0758. The maximum atomic E-state index is 13.3. The molecule has 0 unspecified atom stereocenters. The van der Waals surface area contributed by atoms with E-state index in [1.54, 1.807) is 6.20 Å². The Morgan fingerprint density at radius 3 is 2.52 bits per heavy atom. The fraction of sp³-hybridized carbons (Fsp3) is 0.320. The monoisotopic (exact) mass is 413 g/mol. The largest absolute Gasteiger partial charge is 0.368 e. The van der Waals surface area contributed by atoms with Gasteiger partial charge in [-0.3, -0.25) is 9.69 Å². The first kappa shape index (κ1) is 19.7. The van der Waals surface area contributed by atoms with Gasteiger partial charge in [-0.05, 0) is 48.6 Å². The number of carbonyl (C=O) groups is 1. The quantitative estimate of drug-likeness (QED) is 0.714. The number of hydrogen-bond acceptors (Lipinski definition) is 5. The lowest BCUT2D eigenvalue weighted by atomic mass is 10.1. The number of carbonyl (C=O) groups excluding carboxylic acids is 1. The molecule has 2 aromatic carbocycles. The molecule has 0 spiro atoms. The number of benzene rings is 2. The van der Waals surface area contributed by atoms with Crippen LogP contribution < -0.4 is 5.73 Å². The Bertz CT molecular complexity index is 1070. The Morgan fingerprint density at radius 2 is 1.74 bits per heavy atom. The summed E-state index contributed by atoms with van der Waals surface area (Å²) in [5.41, 5.74) is 11.0. The number of anilines is 1. The van der Waals surface area contributed by atoms with Gasteiger partial charge in [-0.15, -0.1) is 0 Å². The van der Waals surface area contributed by atoms with E-state index in [0.29, 0.717) is 11.6 Å². The van der Waals surface area contributed by atoms with Gasteiger partial charge >= 0.3 is 0 Å². The molecular formula is C25H27N5O. The van der Waals surface area contributed by atoms with Gasteiger partial charge in [-0.2, -0.15) is 0 Å². The summed E-state index contributed by atoms with van der Waals surface area (Å²) in [6.45, 7) is 3.52. The van der Waals surface area contributed by atoms with Crippen molar-refractivity contribution in [3.05, 3.63) is 77.5 Å². The molecule has 0 atom stereocenters. The SMILES string of the molecule is Nc1nccc(-c2cccc(C(=O)N3CCCN(C4Cc5ccccc5C4)CC3)c2)n1. The molecule has 2 heterocycles. The number of hydrogen-bond donors (Lipinski definition) is 1. The van der Waals surface area contributed by atoms with Crippen LogP contribution in [-0.2, 0) is 12.8 Å². The molecule has 1 amide bonds. The van der Waals surface area contributed by atoms with Gasteiger partial charge in [0.25, 0.3) is 5.91 Å². The summed E-state index contributed by atoms with van der Waals surface area (Å²) >= 11 is 0. The van der Waals surface area contributed by atoms with Gasteiger partial charge in [0.1, 0.15) is 0 Å². The Labute approximate surface area is 182 Å². The van der Waals surface area contributed by atoms with E-state index in [1.165, 1.54) is 11.1 Å². The predicted octanol–water partition coefficient (Wildman–Crippen LogP) is 3.04. The van der Waals surface area contributed by atoms with Crippen LogP contribution in [0.3, 0.4) is 0 Å². The van der Waals surface area contributed by atoms with Crippen LogP contribution in [0.4, 0.5) is 5.95 Å².